The number of benzene rings is 2. The number of amides is 3. The minimum Gasteiger partial charge on any atom is -0.494 e. The maximum Gasteiger partial charge on any atom is 0.276 e. The molecule has 5 heterocycles. The van der Waals surface area contributed by atoms with Gasteiger partial charge in [0.2, 0.25) is 23.7 Å². The number of aldehydes is 2. The Morgan fingerprint density at radius 3 is 1.94 bits per heavy atom. The molecule has 70 heavy (non-hydrogen) atoms. The lowest BCUT2D eigenvalue weighted by molar-refractivity contribution is -0.107. The third-order valence-electron chi connectivity index (χ3n) is 10.4. The van der Waals surface area contributed by atoms with E-state index < -0.39 is 17.7 Å². The molecule has 0 aliphatic rings. The van der Waals surface area contributed by atoms with Gasteiger partial charge in [0.1, 0.15) is 46.8 Å². The molecule has 0 atom stereocenters. The maximum absolute atomic E-state index is 13.7. The monoisotopic (exact) mass is 961 g/mol. The molecule has 0 aliphatic heterocycles. The number of hydrogen-bond donors (Lipinski definition) is 6. The summed E-state index contributed by atoms with van der Waals surface area (Å²) in [6.07, 6.45) is 13.1. The number of aryl methyl sites for hydroxylation is 4. The van der Waals surface area contributed by atoms with E-state index in [1.165, 1.54) is 7.11 Å². The van der Waals surface area contributed by atoms with Crippen LogP contribution in [0.5, 0.6) is 11.5 Å². The zero-order valence-electron chi connectivity index (χ0n) is 40.2. The molecule has 2 aromatic carbocycles. The molecule has 23 heteroatoms. The van der Waals surface area contributed by atoms with Gasteiger partial charge in [-0.2, -0.15) is 15.3 Å². The first-order chi connectivity index (χ1) is 33.8. The van der Waals surface area contributed by atoms with Crippen molar-refractivity contribution >= 4 is 69.9 Å². The molecule has 0 unspecified atom stereocenters. The van der Waals surface area contributed by atoms with Crippen molar-refractivity contribution in [2.75, 3.05) is 50.4 Å². The first-order valence-electron chi connectivity index (χ1n) is 22.2. The minimum absolute atomic E-state index is 0.125. The maximum atomic E-state index is 13.7. The van der Waals surface area contributed by atoms with E-state index in [1.54, 1.807) is 68.3 Å². The summed E-state index contributed by atoms with van der Waals surface area (Å²) in [5.41, 5.74) is 17.2. The second kappa shape index (κ2) is 25.0. The number of fused-ring (bicyclic) bond motifs is 2. The van der Waals surface area contributed by atoms with Crippen LogP contribution < -0.4 is 36.9 Å². The largest absolute Gasteiger partial charge is 0.494 e. The fourth-order valence-corrected chi connectivity index (χ4v) is 7.28. The Hall–Kier alpha value is -8.60. The van der Waals surface area contributed by atoms with Crippen molar-refractivity contribution in [3.63, 3.8) is 0 Å². The summed E-state index contributed by atoms with van der Waals surface area (Å²) in [6.45, 7) is 10.4. The highest BCUT2D eigenvalue weighted by atomic mass is 16.5. The van der Waals surface area contributed by atoms with E-state index in [-0.39, 0.29) is 30.2 Å². The van der Waals surface area contributed by atoms with E-state index in [1.807, 2.05) is 62.8 Å². The number of primary amides is 2. The van der Waals surface area contributed by atoms with E-state index in [2.05, 4.69) is 36.2 Å². The van der Waals surface area contributed by atoms with Crippen LogP contribution in [0.3, 0.4) is 0 Å². The Labute approximate surface area is 403 Å². The lowest BCUT2D eigenvalue weighted by Crippen LogP contribution is -2.20. The summed E-state index contributed by atoms with van der Waals surface area (Å²) < 4.78 is 20.6. The van der Waals surface area contributed by atoms with E-state index in [0.29, 0.717) is 89.2 Å². The fraction of sp³-hybridized carbons (Fsp3) is 0.319. The molecule has 8 N–H and O–H groups in total. The van der Waals surface area contributed by atoms with Crippen LogP contribution in [0.4, 0.5) is 17.6 Å². The van der Waals surface area contributed by atoms with E-state index in [0.717, 1.165) is 37.6 Å². The molecular weight excluding hydrogens is 903 g/mol. The number of imidazole rings is 2. The summed E-state index contributed by atoms with van der Waals surface area (Å²) in [7, 11) is 4.25. The number of rotatable bonds is 22. The lowest BCUT2D eigenvalue weighted by Gasteiger charge is -2.12. The number of nitrogens with zero attached hydrogens (tertiary/aromatic N) is 10. The van der Waals surface area contributed by atoms with Gasteiger partial charge in [-0.1, -0.05) is 18.2 Å². The number of allylic oxidation sites excluding steroid dienone is 3. The van der Waals surface area contributed by atoms with Gasteiger partial charge in [0.05, 0.1) is 48.0 Å². The second-order valence-corrected chi connectivity index (χ2v) is 15.1. The third-order valence-corrected chi connectivity index (χ3v) is 10.4. The predicted molar refractivity (Wildman–Crippen MR) is 265 cm³/mol. The van der Waals surface area contributed by atoms with Gasteiger partial charge in [0.15, 0.2) is 6.29 Å². The average molecular weight is 962 g/mol. The Morgan fingerprint density at radius 2 is 1.36 bits per heavy atom. The number of aliphatic hydroxyl groups excluding tert-OH is 1. The highest BCUT2D eigenvalue weighted by Gasteiger charge is 2.22. The smallest absolute Gasteiger partial charge is 0.276 e. The molecule has 370 valence electrons. The van der Waals surface area contributed by atoms with Crippen molar-refractivity contribution in [3.05, 3.63) is 107 Å². The summed E-state index contributed by atoms with van der Waals surface area (Å²) in [4.78, 5) is 68.5. The number of ether oxygens (including phenoxy) is 2. The van der Waals surface area contributed by atoms with Crippen LogP contribution in [0.15, 0.2) is 73.1 Å². The van der Waals surface area contributed by atoms with Gasteiger partial charge in [0.25, 0.3) is 5.91 Å². The van der Waals surface area contributed by atoms with Gasteiger partial charge in [0, 0.05) is 70.6 Å². The standard InChI is InChI=1S/C39H45N13O6.C7H10N2O.CH4O/c1-5-52-30(17-24(2)48-52)37(56)47-39-46-29-19-26(36(41)55)21-32(58-16-9-8-12-49-23-27(22-44-49)43-11-10-15-53)34(29)51(39)14-7-6-13-50-33-28(45-38(50)42-3)18-25(35(40)54)20-31(33)57-4;1-3-9-7(5-10)4-6(2)8-9;1-2/h6-9,15,17-23,43H,5,10-14,16H2,1-4H3,(H2,40,54)(H2,41,55)(H,42,45)(H,46,47,56);4-5H,3H2,1-2H3;2H,1H3/b7-6+,9-8+;;. The summed E-state index contributed by atoms with van der Waals surface area (Å²) in [6, 6.07) is 9.76. The van der Waals surface area contributed by atoms with Crippen LogP contribution in [0, 0.1) is 13.8 Å². The van der Waals surface area contributed by atoms with Crippen molar-refractivity contribution in [3.8, 4) is 11.5 Å². The molecule has 7 rings (SSSR count). The SMILES string of the molecule is CCn1nc(C)cc1C(=O)Nc1nc2cc(C(N)=O)cc(OC/C=C/Cn3cc(NCCC=O)cn3)c2n1C/C=C/Cn1c(NC)nc2cc(C(N)=O)cc(OC)c21.CCn1nc(C)cc1C=O.CO. The number of carbonyl (C=O) groups is 5. The third kappa shape index (κ3) is 12.7. The number of aromatic nitrogens is 10. The average Bonchev–Trinajstić information content (AvgIpc) is 4.20. The van der Waals surface area contributed by atoms with E-state index in [4.69, 9.17) is 31.0 Å². The van der Waals surface area contributed by atoms with Gasteiger partial charge >= 0.3 is 0 Å². The Morgan fingerprint density at radius 1 is 0.771 bits per heavy atom. The quantitative estimate of drug-likeness (QED) is 0.0316. The molecule has 0 radical (unpaired) electrons. The number of aliphatic hydroxyl groups is 1. The summed E-state index contributed by atoms with van der Waals surface area (Å²) in [5.74, 6) is -0.209. The Balaban J connectivity index is 0.000000670. The molecule has 3 amide bonds. The zero-order chi connectivity index (χ0) is 50.9. The Kier molecular flexibility index (Phi) is 18.7. The molecule has 0 saturated heterocycles. The molecule has 0 saturated carbocycles. The van der Waals surface area contributed by atoms with Crippen molar-refractivity contribution in [2.24, 2.45) is 11.5 Å². The fourth-order valence-electron chi connectivity index (χ4n) is 7.28. The van der Waals surface area contributed by atoms with Gasteiger partial charge in [-0.15, -0.1) is 0 Å². The van der Waals surface area contributed by atoms with Crippen LogP contribution >= 0.6 is 0 Å². The predicted octanol–water partition coefficient (Wildman–Crippen LogP) is 4.13. The van der Waals surface area contributed by atoms with Crippen LogP contribution in [0.25, 0.3) is 22.1 Å². The highest BCUT2D eigenvalue weighted by molar-refractivity contribution is 6.04. The van der Waals surface area contributed by atoms with Crippen LogP contribution in [0.2, 0.25) is 0 Å². The number of nitrogens with two attached hydrogens (primary N) is 2. The molecule has 23 nitrogen and oxygen atoms in total. The van der Waals surface area contributed by atoms with Gasteiger partial charge < -0.3 is 50.6 Å². The molecule has 0 aliphatic carbocycles. The Bertz CT molecular complexity index is 3010. The zero-order valence-corrected chi connectivity index (χ0v) is 40.2. The molecule has 0 fully saturated rings. The van der Waals surface area contributed by atoms with Gasteiger partial charge in [-0.3, -0.25) is 38.5 Å². The normalized spacial score (nSPS) is 11.0. The molecular formula is C47H59N15O8. The van der Waals surface area contributed by atoms with Crippen molar-refractivity contribution in [1.82, 2.24) is 48.4 Å². The number of anilines is 3. The topological polar surface area (TPSA) is 301 Å². The lowest BCUT2D eigenvalue weighted by atomic mass is 10.1. The van der Waals surface area contributed by atoms with E-state index >= 15 is 0 Å². The van der Waals surface area contributed by atoms with Crippen LogP contribution in [0.1, 0.15) is 73.3 Å². The van der Waals surface area contributed by atoms with Crippen molar-refractivity contribution in [1.29, 1.82) is 0 Å². The number of carbonyl (C=O) groups excluding carboxylic acids is 5. The second-order valence-electron chi connectivity index (χ2n) is 15.1. The summed E-state index contributed by atoms with van der Waals surface area (Å²) >= 11 is 0. The minimum atomic E-state index is -0.674. The molecule has 0 bridgehead atoms. The van der Waals surface area contributed by atoms with Gasteiger partial charge in [-0.25, -0.2) is 9.97 Å². The number of hydrogen-bond acceptors (Lipinski definition) is 15. The first kappa shape index (κ1) is 52.4. The van der Waals surface area contributed by atoms with Crippen molar-refractivity contribution < 1.29 is 38.6 Å². The molecule has 7 aromatic rings. The van der Waals surface area contributed by atoms with E-state index in [9.17, 15) is 24.0 Å². The molecule has 0 spiro atoms. The van der Waals surface area contributed by atoms with Gasteiger partial charge in [-0.05, 0) is 70.2 Å². The van der Waals surface area contributed by atoms with Crippen LogP contribution in [-0.4, -0.2) is 118 Å². The van der Waals surface area contributed by atoms with Crippen LogP contribution in [-0.2, 0) is 37.5 Å². The number of nitrogens with one attached hydrogen (secondary N) is 3. The first-order valence-corrected chi connectivity index (χ1v) is 22.2. The molecule has 5 aromatic heterocycles. The van der Waals surface area contributed by atoms with Crippen molar-refractivity contribution in [2.45, 2.75) is 66.8 Å². The summed E-state index contributed by atoms with van der Waals surface area (Å²) in [5, 5.41) is 29.0. The highest BCUT2D eigenvalue weighted by Crippen LogP contribution is 2.33. The number of methoxy groups -OCH3 is 1.